The van der Waals surface area contributed by atoms with E-state index in [1.807, 2.05) is 78.9 Å². The Morgan fingerprint density at radius 2 is 1.18 bits per heavy atom. The molecule has 0 atom stereocenters. The first-order chi connectivity index (χ1) is 13.2. The van der Waals surface area contributed by atoms with Crippen molar-refractivity contribution in [1.29, 1.82) is 0 Å². The Balaban J connectivity index is 0.00000150. The molecule has 0 aliphatic carbocycles. The fourth-order valence-corrected chi connectivity index (χ4v) is 5.96. The van der Waals surface area contributed by atoms with E-state index in [2.05, 4.69) is 4.98 Å². The van der Waals surface area contributed by atoms with Gasteiger partial charge in [-0.25, -0.2) is 0 Å². The van der Waals surface area contributed by atoms with Crippen molar-refractivity contribution in [3.63, 3.8) is 0 Å². The molecule has 0 aliphatic heterocycles. The Morgan fingerprint density at radius 3 is 1.75 bits per heavy atom. The molecule has 0 radical (unpaired) electrons. The average molecular weight is 379 g/mol. The maximum atomic E-state index is 14.6. The van der Waals surface area contributed by atoms with Gasteiger partial charge in [0.25, 0.3) is 0 Å². The van der Waals surface area contributed by atoms with Crippen LogP contribution in [0.15, 0.2) is 103 Å². The fourth-order valence-electron chi connectivity index (χ4n) is 3.23. The van der Waals surface area contributed by atoms with Crippen molar-refractivity contribution in [3.8, 4) is 16.9 Å². The van der Waals surface area contributed by atoms with Crippen LogP contribution >= 0.6 is 7.14 Å². The third-order valence-electron chi connectivity index (χ3n) is 4.52. The van der Waals surface area contributed by atoms with Crippen molar-refractivity contribution in [2.75, 3.05) is 0 Å². The van der Waals surface area contributed by atoms with Gasteiger partial charge < -0.3 is 11.1 Å². The van der Waals surface area contributed by atoms with Gasteiger partial charge in [0.15, 0.2) is 7.14 Å². The zero-order valence-corrected chi connectivity index (χ0v) is 16.5. The van der Waals surface area contributed by atoms with Gasteiger partial charge in [0.1, 0.15) is 11.2 Å². The number of para-hydroxylation sites is 1. The molecule has 0 bridgehead atoms. The molecule has 3 nitrogen and oxygen atoms in total. The van der Waals surface area contributed by atoms with Crippen molar-refractivity contribution < 1.29 is 30.0 Å². The minimum atomic E-state index is -3.22. The largest absolute Gasteiger partial charge is 1.00 e. The molecule has 1 aromatic heterocycles. The van der Waals surface area contributed by atoms with Crippen LogP contribution in [0.3, 0.4) is 0 Å². The number of phenolic OH excluding ortho intramolecular Hbond substituents is 1. The quantitative estimate of drug-likeness (QED) is 0.428. The van der Waals surface area contributed by atoms with Gasteiger partial charge in [-0.2, -0.15) is 0 Å². The van der Waals surface area contributed by atoms with Gasteiger partial charge in [0.05, 0.1) is 0 Å². The summed E-state index contributed by atoms with van der Waals surface area (Å²) in [4.78, 5) is 4.55. The molecule has 4 rings (SSSR count). The summed E-state index contributed by atoms with van der Waals surface area (Å²) in [6, 6.07) is 29.5. The molecule has 0 saturated heterocycles. The number of benzene rings is 3. The zero-order chi connectivity index (χ0) is 18.7. The van der Waals surface area contributed by atoms with E-state index in [4.69, 9.17) is 0 Å². The van der Waals surface area contributed by atoms with Crippen LogP contribution in [0.5, 0.6) is 5.75 Å². The molecule has 5 heteroatoms. The van der Waals surface area contributed by atoms with Gasteiger partial charge >= 0.3 is 18.9 Å². The SMILES string of the molecule is O=P(c1ccccc1)(c1ccccc1)c1ncccc1-c1ccccc1O.[H-].[Li+]. The number of pyridine rings is 1. The van der Waals surface area contributed by atoms with E-state index in [9.17, 15) is 9.67 Å². The Morgan fingerprint density at radius 1 is 0.679 bits per heavy atom. The van der Waals surface area contributed by atoms with Crippen LogP contribution in [0, 0.1) is 0 Å². The van der Waals surface area contributed by atoms with Crippen LogP contribution in [0.4, 0.5) is 0 Å². The first-order valence-electron chi connectivity index (χ1n) is 8.66. The van der Waals surface area contributed by atoms with E-state index < -0.39 is 7.14 Å². The summed E-state index contributed by atoms with van der Waals surface area (Å²) in [7, 11) is -3.22. The van der Waals surface area contributed by atoms with Gasteiger partial charge in [0.2, 0.25) is 0 Å². The summed E-state index contributed by atoms with van der Waals surface area (Å²) >= 11 is 0. The molecule has 3 aromatic carbocycles. The Labute approximate surface area is 178 Å². The second kappa shape index (κ2) is 8.63. The van der Waals surface area contributed by atoms with Gasteiger partial charge in [0, 0.05) is 27.9 Å². The van der Waals surface area contributed by atoms with Crippen LogP contribution in [0.2, 0.25) is 0 Å². The maximum absolute atomic E-state index is 14.6. The van der Waals surface area contributed by atoms with Crippen LogP contribution in [-0.2, 0) is 4.57 Å². The number of hydrogen-bond acceptors (Lipinski definition) is 3. The average Bonchev–Trinajstić information content (AvgIpc) is 2.75. The molecule has 0 amide bonds. The molecule has 28 heavy (non-hydrogen) atoms. The monoisotopic (exact) mass is 379 g/mol. The smallest absolute Gasteiger partial charge is 1.00 e. The summed E-state index contributed by atoms with van der Waals surface area (Å²) in [6.45, 7) is 0. The van der Waals surface area contributed by atoms with Crippen LogP contribution in [0.1, 0.15) is 1.43 Å². The van der Waals surface area contributed by atoms with E-state index in [0.717, 1.165) is 0 Å². The van der Waals surface area contributed by atoms with Crippen molar-refractivity contribution >= 4 is 23.2 Å². The van der Waals surface area contributed by atoms with E-state index >= 15 is 0 Å². The van der Waals surface area contributed by atoms with E-state index in [1.54, 1.807) is 24.4 Å². The Hall–Kier alpha value is -2.56. The molecule has 134 valence electrons. The molecular formula is C23H19LiNO2P. The standard InChI is InChI=1S/C23H18NO2P.Li.H/c25-22-16-8-7-14-20(22)21-15-9-17-24-23(21)27(26,18-10-3-1-4-11-18)19-12-5-2-6-13-19;;/h1-17,25H;;/q;+1;-1. The summed E-state index contributed by atoms with van der Waals surface area (Å²) in [5.41, 5.74) is 1.77. The second-order valence-corrected chi connectivity index (χ2v) is 8.85. The van der Waals surface area contributed by atoms with Crippen LogP contribution < -0.4 is 34.9 Å². The predicted octanol–water partition coefficient (Wildman–Crippen LogP) is 1.21. The Kier molecular flexibility index (Phi) is 6.22. The summed E-state index contributed by atoms with van der Waals surface area (Å²) in [6.07, 6.45) is 1.65. The van der Waals surface area contributed by atoms with E-state index in [1.165, 1.54) is 0 Å². The molecule has 0 aliphatic rings. The van der Waals surface area contributed by atoms with Gasteiger partial charge in [-0.05, 0) is 12.1 Å². The van der Waals surface area contributed by atoms with Crippen molar-refractivity contribution in [2.24, 2.45) is 0 Å². The summed E-state index contributed by atoms with van der Waals surface area (Å²) in [5, 5.41) is 11.8. The van der Waals surface area contributed by atoms with E-state index in [-0.39, 0.29) is 26.0 Å². The zero-order valence-electron chi connectivity index (χ0n) is 16.6. The number of nitrogens with zero attached hydrogens (tertiary/aromatic N) is 1. The van der Waals surface area contributed by atoms with Crippen LogP contribution in [-0.4, -0.2) is 10.1 Å². The summed E-state index contributed by atoms with van der Waals surface area (Å²) in [5.74, 6) is 0.138. The number of rotatable bonds is 4. The van der Waals surface area contributed by atoms with Gasteiger partial charge in [-0.15, -0.1) is 0 Å². The minimum absolute atomic E-state index is 0. The van der Waals surface area contributed by atoms with Crippen LogP contribution in [0.25, 0.3) is 11.1 Å². The third kappa shape index (κ3) is 3.58. The van der Waals surface area contributed by atoms with Gasteiger partial charge in [-0.3, -0.25) is 4.98 Å². The third-order valence-corrected chi connectivity index (χ3v) is 7.52. The predicted molar refractivity (Wildman–Crippen MR) is 112 cm³/mol. The topological polar surface area (TPSA) is 50.2 Å². The molecular weight excluding hydrogens is 360 g/mol. The van der Waals surface area contributed by atoms with Crippen molar-refractivity contribution in [3.05, 3.63) is 103 Å². The number of hydrogen-bond donors (Lipinski definition) is 1. The fraction of sp³-hybridized carbons (Fsp3) is 0. The maximum Gasteiger partial charge on any atom is 1.00 e. The Bertz CT molecular complexity index is 1080. The number of aromatic nitrogens is 1. The van der Waals surface area contributed by atoms with Crippen molar-refractivity contribution in [1.82, 2.24) is 4.98 Å². The number of aromatic hydroxyl groups is 1. The molecule has 1 N–H and O–H groups in total. The molecule has 1 heterocycles. The molecule has 0 saturated carbocycles. The van der Waals surface area contributed by atoms with Crippen molar-refractivity contribution in [2.45, 2.75) is 0 Å². The summed E-state index contributed by atoms with van der Waals surface area (Å²) < 4.78 is 14.6. The molecule has 0 unspecified atom stereocenters. The minimum Gasteiger partial charge on any atom is -1.00 e. The van der Waals surface area contributed by atoms with Gasteiger partial charge in [-0.1, -0.05) is 84.9 Å². The second-order valence-electron chi connectivity index (χ2n) is 6.17. The van der Waals surface area contributed by atoms with E-state index in [0.29, 0.717) is 27.2 Å². The molecule has 0 spiro atoms. The first-order valence-corrected chi connectivity index (χ1v) is 10.4. The normalized spacial score (nSPS) is 10.9. The molecule has 4 aromatic rings. The molecule has 0 fully saturated rings. The first kappa shape index (κ1) is 20.2. The number of phenols is 1.